The minimum Gasteiger partial charge on any atom is -0.497 e. The summed E-state index contributed by atoms with van der Waals surface area (Å²) in [6.07, 6.45) is 1.46. The molecule has 29 heavy (non-hydrogen) atoms. The lowest BCUT2D eigenvalue weighted by Crippen LogP contribution is -2.55. The van der Waals surface area contributed by atoms with Crippen LogP contribution in [0.2, 0.25) is 0 Å². The molecule has 2 heterocycles. The van der Waals surface area contributed by atoms with Crippen molar-refractivity contribution in [3.8, 4) is 5.75 Å². The molecule has 0 spiro atoms. The van der Waals surface area contributed by atoms with Crippen molar-refractivity contribution < 1.29 is 14.6 Å². The monoisotopic (exact) mass is 390 g/mol. The quantitative estimate of drug-likeness (QED) is 0.748. The van der Waals surface area contributed by atoms with E-state index < -0.39 is 6.10 Å². The summed E-state index contributed by atoms with van der Waals surface area (Å²) in [5.41, 5.74) is 4.68. The van der Waals surface area contributed by atoms with Crippen LogP contribution in [0.5, 0.6) is 5.75 Å². The van der Waals surface area contributed by atoms with Crippen LogP contribution in [0.1, 0.15) is 29.2 Å². The molecule has 1 saturated heterocycles. The largest absolute Gasteiger partial charge is 0.497 e. The van der Waals surface area contributed by atoms with Gasteiger partial charge in [0.25, 0.3) is 0 Å². The van der Waals surface area contributed by atoms with Crippen molar-refractivity contribution >= 4 is 16.8 Å². The number of methoxy groups -OCH3 is 1. The van der Waals surface area contributed by atoms with Gasteiger partial charge in [0.05, 0.1) is 19.6 Å². The summed E-state index contributed by atoms with van der Waals surface area (Å²) in [7, 11) is 3.72. The zero-order valence-electron chi connectivity index (χ0n) is 16.8. The average molecular weight is 390 g/mol. The maximum atomic E-state index is 13.2. The highest BCUT2D eigenvalue weighted by Gasteiger charge is 2.44. The fourth-order valence-corrected chi connectivity index (χ4v) is 5.32. The highest BCUT2D eigenvalue weighted by Crippen LogP contribution is 2.44. The number of aliphatic hydroxyl groups excluding tert-OH is 1. The first-order valence-electron chi connectivity index (χ1n) is 10.2. The van der Waals surface area contributed by atoms with Gasteiger partial charge in [-0.25, -0.2) is 0 Å². The second-order valence-corrected chi connectivity index (χ2v) is 8.28. The van der Waals surface area contributed by atoms with E-state index in [2.05, 4.69) is 35.9 Å². The molecule has 150 valence electrons. The van der Waals surface area contributed by atoms with Crippen molar-refractivity contribution in [2.75, 3.05) is 13.7 Å². The number of likely N-dealkylation sites (tertiary alicyclic amines) is 1. The topological polar surface area (TPSA) is 54.7 Å². The molecule has 3 aromatic rings. The third-order valence-electron chi connectivity index (χ3n) is 6.68. The fraction of sp³-hybridized carbons (Fsp3) is 0.375. The van der Waals surface area contributed by atoms with E-state index in [9.17, 15) is 9.90 Å². The van der Waals surface area contributed by atoms with Crippen LogP contribution in [-0.2, 0) is 24.7 Å². The predicted octanol–water partition coefficient (Wildman–Crippen LogP) is 3.03. The van der Waals surface area contributed by atoms with Gasteiger partial charge in [-0.2, -0.15) is 0 Å². The van der Waals surface area contributed by atoms with Crippen molar-refractivity contribution in [2.45, 2.75) is 37.3 Å². The van der Waals surface area contributed by atoms with Gasteiger partial charge < -0.3 is 19.3 Å². The Morgan fingerprint density at radius 3 is 2.86 bits per heavy atom. The van der Waals surface area contributed by atoms with Crippen LogP contribution in [0, 0.1) is 0 Å². The lowest BCUT2D eigenvalue weighted by molar-refractivity contribution is -0.138. The number of hydrogen-bond acceptors (Lipinski definition) is 3. The van der Waals surface area contributed by atoms with Crippen molar-refractivity contribution in [1.82, 2.24) is 9.47 Å². The number of aryl methyl sites for hydroxylation is 1. The molecule has 1 aromatic heterocycles. The van der Waals surface area contributed by atoms with E-state index >= 15 is 0 Å². The predicted molar refractivity (Wildman–Crippen MR) is 112 cm³/mol. The Morgan fingerprint density at radius 2 is 2.03 bits per heavy atom. The molecule has 1 aliphatic heterocycles. The number of carbonyl (C=O) groups is 1. The highest BCUT2D eigenvalue weighted by molar-refractivity contribution is 5.87. The molecule has 2 bridgehead atoms. The van der Waals surface area contributed by atoms with Crippen LogP contribution in [0.3, 0.4) is 0 Å². The zero-order valence-corrected chi connectivity index (χ0v) is 16.8. The first-order chi connectivity index (χ1) is 14.1. The summed E-state index contributed by atoms with van der Waals surface area (Å²) in [4.78, 5) is 15.1. The number of aliphatic hydroxyl groups is 1. The van der Waals surface area contributed by atoms with Gasteiger partial charge in [-0.15, -0.1) is 0 Å². The Bertz CT molecular complexity index is 1090. The number of carbonyl (C=O) groups excluding carboxylic acids is 1. The van der Waals surface area contributed by atoms with E-state index in [1.54, 1.807) is 7.11 Å². The Kier molecular flexibility index (Phi) is 4.36. The van der Waals surface area contributed by atoms with Crippen LogP contribution < -0.4 is 4.74 Å². The number of benzene rings is 2. The standard InChI is InChI=1S/C24H26N2O3/c1-25-21-9-4-3-8-18(21)19-12-16-13-20(24(19)25)22(27)14-26(16)23(28)11-15-6-5-7-17(10-15)29-2/h3-10,16,20,22,27H,11-14H2,1-2H3/t16-,20-,22-/m0/s1. The molecule has 1 aliphatic carbocycles. The molecular weight excluding hydrogens is 364 g/mol. The van der Waals surface area contributed by atoms with E-state index in [1.165, 1.54) is 22.2 Å². The highest BCUT2D eigenvalue weighted by atomic mass is 16.5. The van der Waals surface area contributed by atoms with Gasteiger partial charge in [-0.05, 0) is 42.2 Å². The van der Waals surface area contributed by atoms with Crippen LogP contribution in [-0.4, -0.2) is 46.3 Å². The number of para-hydroxylation sites is 1. The molecule has 2 aromatic carbocycles. The van der Waals surface area contributed by atoms with E-state index in [0.717, 1.165) is 24.2 Å². The lowest BCUT2D eigenvalue weighted by atomic mass is 9.76. The number of β-amino-alcohol motifs (C(OH)–C–C–N with tert-alkyl or cyclic N) is 1. The molecule has 0 unspecified atom stereocenters. The van der Waals surface area contributed by atoms with Gasteiger partial charge in [0.2, 0.25) is 5.91 Å². The second kappa shape index (κ2) is 6.92. The Hall–Kier alpha value is -2.79. The number of amides is 1. The molecule has 2 aliphatic rings. The number of ether oxygens (including phenoxy) is 1. The smallest absolute Gasteiger partial charge is 0.227 e. The SMILES string of the molecule is COc1cccc(CC(=O)N2C[C@H](O)[C@@H]3C[C@@H]2Cc2c3n(C)c3ccccc23)c1. The molecule has 1 amide bonds. The molecule has 1 fully saturated rings. The summed E-state index contributed by atoms with van der Waals surface area (Å²) >= 11 is 0. The summed E-state index contributed by atoms with van der Waals surface area (Å²) in [5.74, 6) is 0.915. The van der Waals surface area contributed by atoms with Gasteiger partial charge in [-0.3, -0.25) is 4.79 Å². The average Bonchev–Trinajstić information content (AvgIpc) is 3.03. The molecule has 1 N–H and O–H groups in total. The van der Waals surface area contributed by atoms with E-state index in [1.807, 2.05) is 29.2 Å². The number of rotatable bonds is 3. The van der Waals surface area contributed by atoms with Gasteiger partial charge in [0.15, 0.2) is 0 Å². The maximum absolute atomic E-state index is 13.2. The molecule has 5 heteroatoms. The van der Waals surface area contributed by atoms with Gasteiger partial charge in [0, 0.05) is 42.1 Å². The lowest BCUT2D eigenvalue weighted by Gasteiger charge is -2.46. The minimum atomic E-state index is -0.539. The van der Waals surface area contributed by atoms with E-state index in [-0.39, 0.29) is 17.9 Å². The van der Waals surface area contributed by atoms with Crippen LogP contribution >= 0.6 is 0 Å². The number of nitrogens with zero attached hydrogens (tertiary/aromatic N) is 2. The summed E-state index contributed by atoms with van der Waals surface area (Å²) in [6.45, 7) is 0.402. The Balaban J connectivity index is 1.46. The first-order valence-corrected chi connectivity index (χ1v) is 10.2. The molecule has 5 nitrogen and oxygen atoms in total. The number of piperidine rings is 1. The van der Waals surface area contributed by atoms with Gasteiger partial charge >= 0.3 is 0 Å². The van der Waals surface area contributed by atoms with E-state index in [4.69, 9.17) is 4.74 Å². The molecule has 0 radical (unpaired) electrons. The Labute approximate surface area is 170 Å². The van der Waals surface area contributed by atoms with Crippen molar-refractivity contribution in [1.29, 1.82) is 0 Å². The van der Waals surface area contributed by atoms with Crippen LogP contribution in [0.15, 0.2) is 48.5 Å². The fourth-order valence-electron chi connectivity index (χ4n) is 5.32. The zero-order chi connectivity index (χ0) is 20.1. The van der Waals surface area contributed by atoms with Crippen molar-refractivity contribution in [3.63, 3.8) is 0 Å². The summed E-state index contributed by atoms with van der Waals surface area (Å²) in [5, 5.41) is 12.2. The molecule has 5 rings (SSSR count). The normalized spacial score (nSPS) is 23.1. The molecule has 3 atom stereocenters. The van der Waals surface area contributed by atoms with Crippen LogP contribution in [0.25, 0.3) is 10.9 Å². The first kappa shape index (κ1) is 18.3. The third kappa shape index (κ3) is 2.92. The second-order valence-electron chi connectivity index (χ2n) is 8.28. The van der Waals surface area contributed by atoms with Gasteiger partial charge in [0.1, 0.15) is 5.75 Å². The van der Waals surface area contributed by atoms with Crippen molar-refractivity contribution in [2.24, 2.45) is 7.05 Å². The number of hydrogen-bond donors (Lipinski definition) is 1. The minimum absolute atomic E-state index is 0.0736. The van der Waals surface area contributed by atoms with Gasteiger partial charge in [-0.1, -0.05) is 30.3 Å². The third-order valence-corrected chi connectivity index (χ3v) is 6.68. The summed E-state index contributed by atoms with van der Waals surface area (Å²) in [6, 6.07) is 16.2. The van der Waals surface area contributed by atoms with E-state index in [0.29, 0.717) is 13.0 Å². The number of aromatic nitrogens is 1. The molecule has 0 saturated carbocycles. The maximum Gasteiger partial charge on any atom is 0.227 e. The Morgan fingerprint density at radius 1 is 1.21 bits per heavy atom. The number of fused-ring (bicyclic) bond motifs is 6. The van der Waals surface area contributed by atoms with Crippen molar-refractivity contribution in [3.05, 3.63) is 65.4 Å². The van der Waals surface area contributed by atoms with Crippen LogP contribution in [0.4, 0.5) is 0 Å². The molecular formula is C24H26N2O3. The summed E-state index contributed by atoms with van der Waals surface area (Å²) < 4.78 is 7.52.